The van der Waals surface area contributed by atoms with Crippen LogP contribution in [-0.2, 0) is 13.0 Å². The maximum absolute atomic E-state index is 12.3. The first-order chi connectivity index (χ1) is 15.7. The van der Waals surface area contributed by atoms with Gasteiger partial charge in [0.1, 0.15) is 5.82 Å². The molecular formula is C27H36BrN3O. The monoisotopic (exact) mass is 497 g/mol. The number of hydrogen-bond donors (Lipinski definition) is 1. The molecule has 0 fully saturated rings. The molecule has 4 nitrogen and oxygen atoms in total. The van der Waals surface area contributed by atoms with Crippen LogP contribution in [0.1, 0.15) is 80.9 Å². The summed E-state index contributed by atoms with van der Waals surface area (Å²) in [6.45, 7) is 3.94. The molecule has 32 heavy (non-hydrogen) atoms. The number of aryl methyl sites for hydroxylation is 2. The number of carbonyl (C=O) groups excluding carboxylic acids is 1. The molecule has 1 amide bonds. The van der Waals surface area contributed by atoms with Gasteiger partial charge in [-0.25, -0.2) is 4.98 Å². The predicted molar refractivity (Wildman–Crippen MR) is 137 cm³/mol. The molecule has 5 heteroatoms. The van der Waals surface area contributed by atoms with E-state index in [1.807, 2.05) is 24.3 Å². The Bertz CT molecular complexity index is 965. The summed E-state index contributed by atoms with van der Waals surface area (Å²) >= 11 is 3.40. The van der Waals surface area contributed by atoms with Gasteiger partial charge in [0.25, 0.3) is 5.91 Å². The van der Waals surface area contributed by atoms with Crippen molar-refractivity contribution >= 4 is 32.9 Å². The molecule has 0 aliphatic rings. The van der Waals surface area contributed by atoms with Crippen LogP contribution in [0.15, 0.2) is 53.0 Å². The third-order valence-electron chi connectivity index (χ3n) is 5.94. The Morgan fingerprint density at radius 3 is 2.34 bits per heavy atom. The number of halogens is 1. The van der Waals surface area contributed by atoms with Crippen LogP contribution in [0.2, 0.25) is 0 Å². The highest BCUT2D eigenvalue weighted by Gasteiger charge is 2.11. The number of rotatable bonds is 14. The fourth-order valence-corrected chi connectivity index (χ4v) is 4.39. The first-order valence-corrected chi connectivity index (χ1v) is 13.0. The van der Waals surface area contributed by atoms with Crippen molar-refractivity contribution in [1.82, 2.24) is 14.9 Å². The minimum atomic E-state index is -0.0232. The number of amides is 1. The summed E-state index contributed by atoms with van der Waals surface area (Å²) in [6.07, 6.45) is 12.3. The summed E-state index contributed by atoms with van der Waals surface area (Å²) in [5, 5.41) is 3.03. The lowest BCUT2D eigenvalue weighted by atomic mass is 10.1. The third kappa shape index (κ3) is 7.47. The Hall–Kier alpha value is -2.14. The van der Waals surface area contributed by atoms with Crippen molar-refractivity contribution in [2.75, 3.05) is 6.54 Å². The number of unbranched alkanes of at least 4 members (excludes halogenated alkanes) is 7. The van der Waals surface area contributed by atoms with Gasteiger partial charge in [-0.05, 0) is 49.2 Å². The largest absolute Gasteiger partial charge is 0.352 e. The summed E-state index contributed by atoms with van der Waals surface area (Å²) in [6, 6.07) is 15.9. The lowest BCUT2D eigenvalue weighted by Crippen LogP contribution is -2.25. The van der Waals surface area contributed by atoms with Crippen molar-refractivity contribution in [3.05, 3.63) is 64.4 Å². The van der Waals surface area contributed by atoms with Crippen molar-refractivity contribution in [2.45, 2.75) is 77.7 Å². The summed E-state index contributed by atoms with van der Waals surface area (Å²) in [5.74, 6) is 1.11. The highest BCUT2D eigenvalue weighted by atomic mass is 79.9. The minimum absolute atomic E-state index is 0.0232. The number of imidazole rings is 1. The Balaban J connectivity index is 1.47. The third-order valence-corrected chi connectivity index (χ3v) is 6.47. The van der Waals surface area contributed by atoms with E-state index in [4.69, 9.17) is 4.98 Å². The molecule has 172 valence electrons. The summed E-state index contributed by atoms with van der Waals surface area (Å²) in [4.78, 5) is 17.2. The van der Waals surface area contributed by atoms with Crippen LogP contribution in [0, 0.1) is 0 Å². The second-order valence-electron chi connectivity index (χ2n) is 8.51. The molecule has 3 aromatic rings. The number of nitrogens with zero attached hydrogens (tertiary/aromatic N) is 2. The second-order valence-corrected chi connectivity index (χ2v) is 9.43. The lowest BCUT2D eigenvalue weighted by molar-refractivity contribution is 0.0953. The molecule has 2 aromatic carbocycles. The highest BCUT2D eigenvalue weighted by molar-refractivity contribution is 9.10. The van der Waals surface area contributed by atoms with Gasteiger partial charge in [0.05, 0.1) is 11.0 Å². The molecule has 0 bridgehead atoms. The van der Waals surface area contributed by atoms with E-state index in [0.717, 1.165) is 35.2 Å². The van der Waals surface area contributed by atoms with Crippen molar-refractivity contribution < 1.29 is 4.79 Å². The molecule has 0 unspecified atom stereocenters. The Morgan fingerprint density at radius 1 is 0.906 bits per heavy atom. The molecule has 0 radical (unpaired) electrons. The molecule has 0 spiro atoms. The number of aromatic nitrogens is 2. The zero-order valence-corrected chi connectivity index (χ0v) is 20.9. The fourth-order valence-electron chi connectivity index (χ4n) is 4.12. The molecule has 0 aliphatic carbocycles. The molecule has 3 rings (SSSR count). The van der Waals surface area contributed by atoms with E-state index in [9.17, 15) is 4.79 Å². The van der Waals surface area contributed by atoms with E-state index in [1.54, 1.807) is 0 Å². The minimum Gasteiger partial charge on any atom is -0.352 e. The van der Waals surface area contributed by atoms with E-state index in [0.29, 0.717) is 12.1 Å². The summed E-state index contributed by atoms with van der Waals surface area (Å²) in [7, 11) is 0. The van der Waals surface area contributed by atoms with E-state index < -0.39 is 0 Å². The van der Waals surface area contributed by atoms with Gasteiger partial charge in [0.2, 0.25) is 0 Å². The fraction of sp³-hybridized carbons (Fsp3) is 0.481. The van der Waals surface area contributed by atoms with Crippen LogP contribution in [0.4, 0.5) is 0 Å². The first kappa shape index (κ1) is 24.5. The molecule has 0 atom stereocenters. The maximum Gasteiger partial charge on any atom is 0.251 e. The highest BCUT2D eigenvalue weighted by Crippen LogP contribution is 2.19. The van der Waals surface area contributed by atoms with Crippen LogP contribution in [0.3, 0.4) is 0 Å². The van der Waals surface area contributed by atoms with Gasteiger partial charge in [-0.3, -0.25) is 4.79 Å². The molecule has 0 saturated carbocycles. The maximum atomic E-state index is 12.3. The van der Waals surface area contributed by atoms with Gasteiger partial charge >= 0.3 is 0 Å². The average Bonchev–Trinajstić information content (AvgIpc) is 3.16. The first-order valence-electron chi connectivity index (χ1n) is 12.2. The lowest BCUT2D eigenvalue weighted by Gasteiger charge is -2.10. The topological polar surface area (TPSA) is 46.9 Å². The van der Waals surface area contributed by atoms with Crippen LogP contribution < -0.4 is 5.32 Å². The van der Waals surface area contributed by atoms with E-state index in [2.05, 4.69) is 57.0 Å². The van der Waals surface area contributed by atoms with E-state index in [1.165, 1.54) is 56.9 Å². The zero-order chi connectivity index (χ0) is 22.6. The van der Waals surface area contributed by atoms with Crippen LogP contribution >= 0.6 is 15.9 Å². The van der Waals surface area contributed by atoms with E-state index in [-0.39, 0.29) is 5.91 Å². The van der Waals surface area contributed by atoms with Crippen LogP contribution in [0.5, 0.6) is 0 Å². The quantitative estimate of drug-likeness (QED) is 0.237. The molecule has 1 heterocycles. The average molecular weight is 499 g/mol. The molecule has 0 aliphatic heterocycles. The SMILES string of the molecule is CCCCCCCCCCn1c(CCCNC(=O)c2ccc(Br)cc2)nc2ccccc21. The van der Waals surface area contributed by atoms with Crippen molar-refractivity contribution in [1.29, 1.82) is 0 Å². The van der Waals surface area contributed by atoms with E-state index >= 15 is 0 Å². The number of carbonyl (C=O) groups is 1. The number of nitrogens with one attached hydrogen (secondary N) is 1. The van der Waals surface area contributed by atoms with Crippen LogP contribution in [-0.4, -0.2) is 22.0 Å². The number of para-hydroxylation sites is 2. The Morgan fingerprint density at radius 2 is 1.59 bits per heavy atom. The zero-order valence-electron chi connectivity index (χ0n) is 19.3. The van der Waals surface area contributed by atoms with Crippen molar-refractivity contribution in [2.24, 2.45) is 0 Å². The van der Waals surface area contributed by atoms with Gasteiger partial charge in [-0.2, -0.15) is 0 Å². The predicted octanol–water partition coefficient (Wildman–Crippen LogP) is 7.30. The number of benzene rings is 2. The van der Waals surface area contributed by atoms with Crippen molar-refractivity contribution in [3.63, 3.8) is 0 Å². The molecule has 1 N–H and O–H groups in total. The van der Waals surface area contributed by atoms with Gasteiger partial charge in [-0.15, -0.1) is 0 Å². The summed E-state index contributed by atoms with van der Waals surface area (Å²) < 4.78 is 3.37. The summed E-state index contributed by atoms with van der Waals surface area (Å²) in [5.41, 5.74) is 2.99. The second kappa shape index (κ2) is 13.4. The number of fused-ring (bicyclic) bond motifs is 1. The Labute approximate surface area is 200 Å². The van der Waals surface area contributed by atoms with Crippen LogP contribution in [0.25, 0.3) is 11.0 Å². The Kier molecular flexibility index (Phi) is 10.3. The molecular weight excluding hydrogens is 462 g/mol. The van der Waals surface area contributed by atoms with Gasteiger partial charge in [0.15, 0.2) is 0 Å². The normalized spacial score (nSPS) is 11.2. The molecule has 0 saturated heterocycles. The molecule has 1 aromatic heterocycles. The number of hydrogen-bond acceptors (Lipinski definition) is 2. The van der Waals surface area contributed by atoms with Gasteiger partial charge < -0.3 is 9.88 Å². The van der Waals surface area contributed by atoms with Crippen molar-refractivity contribution in [3.8, 4) is 0 Å². The smallest absolute Gasteiger partial charge is 0.251 e. The standard InChI is InChI=1S/C27H36BrN3O/c1-2-3-4-5-6-7-8-11-21-31-25-14-10-9-13-24(25)30-26(31)15-12-20-29-27(32)22-16-18-23(28)19-17-22/h9-10,13-14,16-19H,2-8,11-12,15,20-21H2,1H3,(H,29,32). The van der Waals surface area contributed by atoms with Gasteiger partial charge in [-0.1, -0.05) is 79.9 Å². The van der Waals surface area contributed by atoms with Gasteiger partial charge in [0, 0.05) is 29.5 Å².